The summed E-state index contributed by atoms with van der Waals surface area (Å²) in [6, 6.07) is 6.89. The number of ether oxygens (including phenoxy) is 2. The van der Waals surface area contributed by atoms with E-state index in [1.807, 2.05) is 0 Å². The van der Waals surface area contributed by atoms with E-state index in [0.29, 0.717) is 38.6 Å². The highest BCUT2D eigenvalue weighted by Crippen LogP contribution is 2.34. The lowest BCUT2D eigenvalue weighted by molar-refractivity contribution is -0.174. The van der Waals surface area contributed by atoms with E-state index in [2.05, 4.69) is 50.6 Å². The number of hydrogen-bond acceptors (Lipinski definition) is 15. The van der Waals surface area contributed by atoms with Crippen LogP contribution < -0.4 is 28.3 Å². The molecular weight excluding hydrogens is 968 g/mol. The third kappa shape index (κ3) is 17.8. The van der Waals surface area contributed by atoms with Crippen LogP contribution in [-0.2, 0) is 44.4 Å². The molecule has 5 rings (SSSR count). The van der Waals surface area contributed by atoms with Crippen LogP contribution in [0.2, 0.25) is 5.02 Å². The Balaban J connectivity index is 0.000000563. The van der Waals surface area contributed by atoms with Crippen molar-refractivity contribution >= 4 is 75.6 Å². The number of carbonyl (C=O) groups is 5. The number of oxazole rings is 2. The average molecular weight is 1010 g/mol. The number of urea groups is 1. The molecule has 0 aliphatic heterocycles. The fraction of sp³-hybridized carbons (Fsp3) is 0.342. The number of aromatic nitrogens is 4. The third-order valence-corrected chi connectivity index (χ3v) is 8.17. The van der Waals surface area contributed by atoms with Crippen LogP contribution in [0.5, 0.6) is 0 Å². The molecule has 0 saturated heterocycles. The molecule has 4 heterocycles. The summed E-state index contributed by atoms with van der Waals surface area (Å²) in [5.41, 5.74) is 19.5. The minimum Gasteiger partial charge on any atom is -0.465 e. The Morgan fingerprint density at radius 1 is 0.821 bits per heavy atom. The van der Waals surface area contributed by atoms with Gasteiger partial charge in [0.2, 0.25) is 11.5 Å². The Kier molecular flexibility index (Phi) is 21.3. The molecule has 18 nitrogen and oxygen atoms in total. The van der Waals surface area contributed by atoms with E-state index in [1.54, 1.807) is 44.2 Å². The monoisotopic (exact) mass is 1010 g/mol. The highest BCUT2D eigenvalue weighted by molar-refractivity contribution is 6.41. The van der Waals surface area contributed by atoms with Crippen molar-refractivity contribution in [2.24, 2.45) is 11.5 Å². The maximum atomic E-state index is 13.6. The van der Waals surface area contributed by atoms with Crippen molar-refractivity contribution in [2.45, 2.75) is 72.0 Å². The summed E-state index contributed by atoms with van der Waals surface area (Å²) in [5.74, 6) is -7.82. The summed E-state index contributed by atoms with van der Waals surface area (Å²) in [4.78, 5) is 68.3. The highest BCUT2D eigenvalue weighted by Gasteiger charge is 2.46. The van der Waals surface area contributed by atoms with Crippen LogP contribution in [0.4, 0.5) is 56.1 Å². The topological polar surface area (TPSA) is 298 Å². The number of Topliss-reactive ketones (excluding diaryl/α,β-unsaturated/α-hetero) is 1. The number of benzene rings is 1. The van der Waals surface area contributed by atoms with Gasteiger partial charge in [0.15, 0.2) is 22.7 Å². The lowest BCUT2D eigenvalue weighted by Crippen LogP contribution is -2.37. The maximum Gasteiger partial charge on any atom is 0.452 e. The number of nitrogens with zero attached hydrogens (tertiary/aromatic N) is 4. The second kappa shape index (κ2) is 24.6. The number of halogens is 11. The second-order valence-corrected chi connectivity index (χ2v) is 13.5. The van der Waals surface area contributed by atoms with E-state index in [-0.39, 0.29) is 39.5 Å². The molecule has 4 aromatic heterocycles. The number of hydrogen-bond donors (Lipinski definition) is 5. The normalized spacial score (nSPS) is 11.5. The predicted octanol–water partition coefficient (Wildman–Crippen LogP) is 7.41. The molecule has 0 fully saturated rings. The summed E-state index contributed by atoms with van der Waals surface area (Å²) in [5, 5.41) is 1.30. The van der Waals surface area contributed by atoms with Gasteiger partial charge in [-0.2, -0.15) is 44.5 Å². The fourth-order valence-corrected chi connectivity index (χ4v) is 5.31. The van der Waals surface area contributed by atoms with E-state index in [9.17, 15) is 58.7 Å². The van der Waals surface area contributed by atoms with E-state index >= 15 is 0 Å². The van der Waals surface area contributed by atoms with Crippen LogP contribution in [0.3, 0.4) is 0 Å². The largest absolute Gasteiger partial charge is 0.465 e. The van der Waals surface area contributed by atoms with Gasteiger partial charge in [-0.05, 0) is 68.7 Å². The number of carbonyl (C=O) groups excluding carboxylic acids is 5. The fourth-order valence-electron chi connectivity index (χ4n) is 4.96. The molecule has 29 heteroatoms. The lowest BCUT2D eigenvalue weighted by Gasteiger charge is -2.11. The highest BCUT2D eigenvalue weighted by atomic mass is 35.5. The number of amides is 3. The molecule has 1 atom stereocenters. The zero-order valence-corrected chi connectivity index (χ0v) is 35.8. The number of pyridine rings is 2. The Morgan fingerprint density at radius 3 is 1.91 bits per heavy atom. The van der Waals surface area contributed by atoms with Gasteiger partial charge in [-0.3, -0.25) is 14.6 Å². The van der Waals surface area contributed by atoms with Gasteiger partial charge in [-0.25, -0.2) is 24.4 Å². The molecule has 0 radical (unpaired) electrons. The van der Waals surface area contributed by atoms with Crippen LogP contribution in [0, 0.1) is 13.8 Å². The first-order valence-electron chi connectivity index (χ1n) is 18.0. The zero-order chi connectivity index (χ0) is 50.5. The van der Waals surface area contributed by atoms with Gasteiger partial charge in [0.25, 0.3) is 17.7 Å². The number of nitrogens with two attached hydrogens (primary N) is 4. The van der Waals surface area contributed by atoms with Gasteiger partial charge in [0.05, 0.1) is 23.8 Å². The molecular formula is C38H40Cl2F9N9O9. The second-order valence-electron chi connectivity index (χ2n) is 12.6. The van der Waals surface area contributed by atoms with Crippen molar-refractivity contribution in [2.75, 3.05) is 24.7 Å². The SMILES string of the molecule is C.CCOC(=O)C(Cl)C(=O)C(F)(F)F.CCOC(=O)c1oc(N)nc1C(F)(F)F.Cc1cc(N)nc(C)c1CNC(=O)c1oc(Cc2ccc3ncc(Cl)cc3c2)nc1C(F)(F)F.NC(N)=O. The van der Waals surface area contributed by atoms with Gasteiger partial charge >= 0.3 is 36.5 Å². The van der Waals surface area contributed by atoms with Crippen LogP contribution in [0.25, 0.3) is 10.9 Å². The van der Waals surface area contributed by atoms with Crippen molar-refractivity contribution in [3.05, 3.63) is 92.7 Å². The first kappa shape index (κ1) is 58.1. The number of primary amides is 2. The molecule has 9 N–H and O–H groups in total. The number of nitrogen functional groups attached to an aromatic ring is 2. The van der Waals surface area contributed by atoms with Gasteiger partial charge in [-0.15, -0.1) is 11.6 Å². The minimum atomic E-state index is -5.11. The number of rotatable bonds is 10. The van der Waals surface area contributed by atoms with Crippen molar-refractivity contribution in [1.82, 2.24) is 25.3 Å². The van der Waals surface area contributed by atoms with Crippen molar-refractivity contribution in [3.8, 4) is 0 Å². The molecule has 1 aromatic carbocycles. The van der Waals surface area contributed by atoms with E-state index in [4.69, 9.17) is 43.9 Å². The quantitative estimate of drug-likeness (QED) is 0.0394. The number of anilines is 2. The Hall–Kier alpha value is -6.90. The van der Waals surface area contributed by atoms with Crippen molar-refractivity contribution < 1.29 is 81.8 Å². The molecule has 67 heavy (non-hydrogen) atoms. The first-order valence-corrected chi connectivity index (χ1v) is 18.8. The molecule has 368 valence electrons. The van der Waals surface area contributed by atoms with Gasteiger partial charge in [0, 0.05) is 30.2 Å². The van der Waals surface area contributed by atoms with Crippen LogP contribution >= 0.6 is 23.2 Å². The molecule has 0 aliphatic carbocycles. The third-order valence-electron chi connectivity index (χ3n) is 7.59. The zero-order valence-electron chi connectivity index (χ0n) is 34.3. The van der Waals surface area contributed by atoms with Crippen LogP contribution in [-0.4, -0.2) is 74.4 Å². The molecule has 0 saturated carbocycles. The smallest absolute Gasteiger partial charge is 0.452 e. The number of alkyl halides is 10. The Bertz CT molecular complexity index is 2510. The van der Waals surface area contributed by atoms with Gasteiger partial charge in [0.1, 0.15) is 5.82 Å². The summed E-state index contributed by atoms with van der Waals surface area (Å²) in [6.07, 6.45) is -13.3. The molecule has 3 amide bonds. The average Bonchev–Trinajstić information content (AvgIpc) is 3.81. The van der Waals surface area contributed by atoms with Crippen molar-refractivity contribution in [1.29, 1.82) is 0 Å². The van der Waals surface area contributed by atoms with E-state index < -0.39 is 82.5 Å². The maximum absolute atomic E-state index is 13.6. The summed E-state index contributed by atoms with van der Waals surface area (Å²) in [7, 11) is 0. The molecule has 1 unspecified atom stereocenters. The number of ketones is 1. The van der Waals surface area contributed by atoms with Gasteiger partial charge in [-0.1, -0.05) is 25.1 Å². The Morgan fingerprint density at radius 2 is 1.39 bits per heavy atom. The predicted molar refractivity (Wildman–Crippen MR) is 220 cm³/mol. The van der Waals surface area contributed by atoms with E-state index in [0.717, 1.165) is 5.56 Å². The number of esters is 2. The number of aryl methyl sites for hydroxylation is 2. The number of fused-ring (bicyclic) bond motifs is 1. The Labute approximate surface area is 382 Å². The summed E-state index contributed by atoms with van der Waals surface area (Å²) < 4.78 is 131. The minimum absolute atomic E-state index is 0. The van der Waals surface area contributed by atoms with Crippen LogP contribution in [0.15, 0.2) is 45.4 Å². The summed E-state index contributed by atoms with van der Waals surface area (Å²) in [6.45, 7) is 6.06. The van der Waals surface area contributed by atoms with E-state index in [1.165, 1.54) is 20.0 Å². The standard InChI is InChI=1S/C23H19ClF3N5O2.C7H7F3N2O3.C6H6ClF3O3.CH4N2O.CH4/c1-11-5-18(28)31-12(2)16(11)10-30-22(33)20-21(23(25,26)27)32-19(34-20)7-13-3-4-17-14(6-13)8-15(24)9-29-17;1-2-14-5(13)3-4(7(8,9)10)12-6(11)15-3;1-2-13-5(12)3(7)4(11)6(8,9)10;2-1(3)4;/h3-6,8-9H,7,10H2,1-2H3,(H2,28,31)(H,30,33);2H2,1H3,(H2,11,12);3H,2H2,1H3;(H4,2,3,4);1H4. The lowest BCUT2D eigenvalue weighted by atomic mass is 10.1. The molecule has 5 aromatic rings. The number of nitrogens with one attached hydrogen (secondary N) is 1. The van der Waals surface area contributed by atoms with Crippen molar-refractivity contribution in [3.63, 3.8) is 0 Å². The molecule has 0 bridgehead atoms. The molecule has 0 aliphatic rings. The van der Waals surface area contributed by atoms with Gasteiger partial charge < -0.3 is 46.6 Å². The summed E-state index contributed by atoms with van der Waals surface area (Å²) >= 11 is 10.9. The molecule has 0 spiro atoms. The van der Waals surface area contributed by atoms with Crippen LogP contribution in [0.1, 0.15) is 82.0 Å². The first-order chi connectivity index (χ1) is 30.4.